The largest absolute Gasteiger partial charge is 0.390 e. The molecular weight excluding hydrogens is 104 g/mol. The monoisotopic (exact) mass is 116 g/mol. The number of aliphatic hydroxyl groups excluding tert-OH is 2. The van der Waals surface area contributed by atoms with Gasteiger partial charge in [-0.15, -0.1) is 0 Å². The molecule has 0 heterocycles. The molecular formula is C6H12O2. The van der Waals surface area contributed by atoms with Gasteiger partial charge in [0.25, 0.3) is 0 Å². The van der Waals surface area contributed by atoms with Gasteiger partial charge in [0.1, 0.15) is 6.10 Å². The predicted molar refractivity (Wildman–Crippen MR) is 32.5 cm³/mol. The number of aliphatic hydroxyl groups is 2. The summed E-state index contributed by atoms with van der Waals surface area (Å²) in [5.41, 5.74) is 0.597. The Morgan fingerprint density at radius 3 is 1.88 bits per heavy atom. The Kier molecular flexibility index (Phi) is 2.72. The molecule has 0 saturated heterocycles. The molecule has 8 heavy (non-hydrogen) atoms. The molecule has 2 nitrogen and oxygen atoms in total. The van der Waals surface area contributed by atoms with Crippen LogP contribution >= 0.6 is 0 Å². The van der Waals surface area contributed by atoms with Crippen LogP contribution in [0.5, 0.6) is 0 Å². The van der Waals surface area contributed by atoms with Crippen molar-refractivity contribution >= 4 is 0 Å². The highest BCUT2D eigenvalue weighted by molar-refractivity contribution is 4.98. The van der Waals surface area contributed by atoms with Crippen LogP contribution in [-0.4, -0.2) is 22.4 Å². The lowest BCUT2D eigenvalue weighted by Gasteiger charge is -2.11. The van der Waals surface area contributed by atoms with Crippen LogP contribution in [-0.2, 0) is 0 Å². The first-order chi connectivity index (χ1) is 3.55. The van der Waals surface area contributed by atoms with E-state index in [4.69, 9.17) is 10.2 Å². The van der Waals surface area contributed by atoms with Gasteiger partial charge < -0.3 is 10.2 Å². The van der Waals surface area contributed by atoms with Crippen LogP contribution in [0, 0.1) is 0 Å². The lowest BCUT2D eigenvalue weighted by Crippen LogP contribution is -2.22. The first-order valence-corrected chi connectivity index (χ1v) is 2.57. The summed E-state index contributed by atoms with van der Waals surface area (Å²) in [5, 5.41) is 17.5. The normalized spacial score (nSPS) is 17.5. The summed E-state index contributed by atoms with van der Waals surface area (Å²) < 4.78 is 0. The molecule has 0 aliphatic rings. The predicted octanol–water partition coefficient (Wildman–Crippen LogP) is 0.304. The van der Waals surface area contributed by atoms with Crippen molar-refractivity contribution in [2.24, 2.45) is 0 Å². The van der Waals surface area contributed by atoms with Gasteiger partial charge in [0.05, 0.1) is 6.10 Å². The SMILES string of the molecule is C=C(C)[C@@H](O)[C@H](C)O. The van der Waals surface area contributed by atoms with Crippen molar-refractivity contribution in [2.45, 2.75) is 26.1 Å². The van der Waals surface area contributed by atoms with Gasteiger partial charge in [0.15, 0.2) is 0 Å². The van der Waals surface area contributed by atoms with Crippen LogP contribution in [0.4, 0.5) is 0 Å². The topological polar surface area (TPSA) is 40.5 Å². The zero-order valence-electron chi connectivity index (χ0n) is 5.26. The molecule has 0 aliphatic heterocycles. The van der Waals surface area contributed by atoms with Gasteiger partial charge in [0, 0.05) is 0 Å². The van der Waals surface area contributed by atoms with Crippen LogP contribution < -0.4 is 0 Å². The van der Waals surface area contributed by atoms with E-state index in [0.717, 1.165) is 0 Å². The highest BCUT2D eigenvalue weighted by Gasteiger charge is 2.09. The molecule has 0 bridgehead atoms. The lowest BCUT2D eigenvalue weighted by molar-refractivity contribution is 0.0550. The van der Waals surface area contributed by atoms with Crippen LogP contribution in [0.2, 0.25) is 0 Å². The second-order valence-electron chi connectivity index (χ2n) is 2.03. The van der Waals surface area contributed by atoms with Crippen molar-refractivity contribution in [3.05, 3.63) is 12.2 Å². The summed E-state index contributed by atoms with van der Waals surface area (Å²) in [5.74, 6) is 0. The van der Waals surface area contributed by atoms with E-state index in [0.29, 0.717) is 5.57 Å². The molecule has 2 heteroatoms. The van der Waals surface area contributed by atoms with Gasteiger partial charge >= 0.3 is 0 Å². The maximum atomic E-state index is 8.85. The minimum absolute atomic E-state index is 0.597. The first kappa shape index (κ1) is 7.66. The van der Waals surface area contributed by atoms with E-state index in [-0.39, 0.29) is 0 Å². The quantitative estimate of drug-likeness (QED) is 0.509. The van der Waals surface area contributed by atoms with E-state index < -0.39 is 12.2 Å². The number of rotatable bonds is 2. The molecule has 0 unspecified atom stereocenters. The van der Waals surface area contributed by atoms with Gasteiger partial charge in [-0.2, -0.15) is 0 Å². The van der Waals surface area contributed by atoms with E-state index in [1.807, 2.05) is 0 Å². The van der Waals surface area contributed by atoms with E-state index >= 15 is 0 Å². The Hall–Kier alpha value is -0.340. The summed E-state index contributed by atoms with van der Waals surface area (Å²) in [4.78, 5) is 0. The summed E-state index contributed by atoms with van der Waals surface area (Å²) in [6.45, 7) is 6.67. The molecule has 0 amide bonds. The molecule has 48 valence electrons. The van der Waals surface area contributed by atoms with E-state index in [9.17, 15) is 0 Å². The van der Waals surface area contributed by atoms with Gasteiger partial charge in [-0.3, -0.25) is 0 Å². The zero-order chi connectivity index (χ0) is 6.73. The summed E-state index contributed by atoms with van der Waals surface area (Å²) in [6, 6.07) is 0. The fourth-order valence-corrected chi connectivity index (χ4v) is 0.412. The third-order valence-corrected chi connectivity index (χ3v) is 0.962. The van der Waals surface area contributed by atoms with Crippen molar-refractivity contribution < 1.29 is 10.2 Å². The van der Waals surface area contributed by atoms with Crippen LogP contribution in [0.15, 0.2) is 12.2 Å². The zero-order valence-corrected chi connectivity index (χ0v) is 5.26. The fourth-order valence-electron chi connectivity index (χ4n) is 0.412. The average molecular weight is 116 g/mol. The second kappa shape index (κ2) is 2.84. The van der Waals surface area contributed by atoms with E-state index in [1.54, 1.807) is 6.92 Å². The Bertz CT molecular complexity index is 86.5. The number of hydrogen-bond acceptors (Lipinski definition) is 2. The molecule has 0 aliphatic carbocycles. The Morgan fingerprint density at radius 1 is 1.50 bits per heavy atom. The number of hydrogen-bond donors (Lipinski definition) is 2. The molecule has 0 aromatic carbocycles. The molecule has 0 rings (SSSR count). The summed E-state index contributed by atoms with van der Waals surface area (Å²) >= 11 is 0. The standard InChI is InChI=1S/C6H12O2/c1-4(2)6(8)5(3)7/h5-8H,1H2,2-3H3/t5-,6+/m0/s1. The second-order valence-corrected chi connectivity index (χ2v) is 2.03. The van der Waals surface area contributed by atoms with Crippen molar-refractivity contribution in [2.75, 3.05) is 0 Å². The summed E-state index contributed by atoms with van der Waals surface area (Å²) in [6.07, 6.45) is -1.47. The molecule has 2 N–H and O–H groups in total. The van der Waals surface area contributed by atoms with Crippen molar-refractivity contribution in [3.8, 4) is 0 Å². The average Bonchev–Trinajstić information content (AvgIpc) is 1.64. The Morgan fingerprint density at radius 2 is 1.88 bits per heavy atom. The van der Waals surface area contributed by atoms with Crippen LogP contribution in [0.3, 0.4) is 0 Å². The van der Waals surface area contributed by atoms with Crippen molar-refractivity contribution in [1.29, 1.82) is 0 Å². The molecule has 0 fully saturated rings. The minimum Gasteiger partial charge on any atom is -0.390 e. The minimum atomic E-state index is -0.769. The van der Waals surface area contributed by atoms with E-state index in [2.05, 4.69) is 6.58 Å². The molecule has 0 saturated carbocycles. The van der Waals surface area contributed by atoms with Crippen LogP contribution in [0.1, 0.15) is 13.8 Å². The maximum absolute atomic E-state index is 8.85. The fraction of sp³-hybridized carbons (Fsp3) is 0.667. The highest BCUT2D eigenvalue weighted by atomic mass is 16.3. The molecule has 0 aromatic rings. The van der Waals surface area contributed by atoms with Gasteiger partial charge in [-0.25, -0.2) is 0 Å². The van der Waals surface area contributed by atoms with Crippen molar-refractivity contribution in [3.63, 3.8) is 0 Å². The lowest BCUT2D eigenvalue weighted by atomic mass is 10.1. The third kappa shape index (κ3) is 2.09. The summed E-state index contributed by atoms with van der Waals surface area (Å²) in [7, 11) is 0. The smallest absolute Gasteiger partial charge is 0.100 e. The van der Waals surface area contributed by atoms with Gasteiger partial charge in [0.2, 0.25) is 0 Å². The Balaban J connectivity index is 3.64. The molecule has 2 atom stereocenters. The Labute approximate surface area is 49.5 Å². The van der Waals surface area contributed by atoms with Crippen molar-refractivity contribution in [1.82, 2.24) is 0 Å². The van der Waals surface area contributed by atoms with E-state index in [1.165, 1.54) is 6.92 Å². The van der Waals surface area contributed by atoms with Gasteiger partial charge in [-0.05, 0) is 19.4 Å². The highest BCUT2D eigenvalue weighted by Crippen LogP contribution is 2.01. The first-order valence-electron chi connectivity index (χ1n) is 2.57. The third-order valence-electron chi connectivity index (χ3n) is 0.962. The molecule has 0 aromatic heterocycles. The van der Waals surface area contributed by atoms with Gasteiger partial charge in [-0.1, -0.05) is 6.58 Å². The maximum Gasteiger partial charge on any atom is 0.100 e. The van der Waals surface area contributed by atoms with Crippen LogP contribution in [0.25, 0.3) is 0 Å². The molecule has 0 radical (unpaired) electrons. The molecule has 0 spiro atoms.